The third-order valence-corrected chi connectivity index (χ3v) is 4.83. The van der Waals surface area contributed by atoms with E-state index in [1.54, 1.807) is 18.3 Å². The van der Waals surface area contributed by atoms with Crippen LogP contribution in [0.5, 0.6) is 0 Å². The van der Waals surface area contributed by atoms with Crippen LogP contribution in [0.1, 0.15) is 30.2 Å². The number of halogens is 1. The Bertz CT molecular complexity index is 738. The van der Waals surface area contributed by atoms with Crippen LogP contribution in [0.2, 0.25) is 5.02 Å². The fourth-order valence-electron chi connectivity index (χ4n) is 3.17. The van der Waals surface area contributed by atoms with E-state index in [4.69, 9.17) is 16.3 Å². The minimum atomic E-state index is -0.978. The van der Waals surface area contributed by atoms with Crippen molar-refractivity contribution in [3.05, 3.63) is 64.9 Å². The standard InChI is InChI=1S/C20H24ClN3O3/c21-16-8-9-22-17(12-16)19(25)18(13-24-10-4-5-11-24)23-20(26)27-14-15-6-2-1-3-7-15/h1-3,6-9,12,18-19,25H,4-5,10-11,13-14H2,(H,23,26)/t18-,19-/m1/s1. The summed E-state index contributed by atoms with van der Waals surface area (Å²) >= 11 is 6.01. The summed E-state index contributed by atoms with van der Waals surface area (Å²) in [7, 11) is 0. The zero-order valence-corrected chi connectivity index (χ0v) is 15.8. The average molecular weight is 390 g/mol. The molecular weight excluding hydrogens is 366 g/mol. The van der Waals surface area contributed by atoms with Gasteiger partial charge in [-0.2, -0.15) is 0 Å². The zero-order valence-electron chi connectivity index (χ0n) is 15.1. The summed E-state index contributed by atoms with van der Waals surface area (Å²) in [5, 5.41) is 14.1. The van der Waals surface area contributed by atoms with E-state index in [0.29, 0.717) is 17.3 Å². The van der Waals surface area contributed by atoms with Gasteiger partial charge in [0, 0.05) is 17.8 Å². The van der Waals surface area contributed by atoms with Crippen LogP contribution in [-0.2, 0) is 11.3 Å². The molecule has 3 rings (SSSR count). The maximum absolute atomic E-state index is 12.3. The van der Waals surface area contributed by atoms with E-state index in [1.165, 1.54) is 0 Å². The fourth-order valence-corrected chi connectivity index (χ4v) is 3.34. The van der Waals surface area contributed by atoms with Gasteiger partial charge in [-0.3, -0.25) is 4.98 Å². The van der Waals surface area contributed by atoms with E-state index in [2.05, 4.69) is 15.2 Å². The monoisotopic (exact) mass is 389 g/mol. The number of hydrogen-bond acceptors (Lipinski definition) is 5. The normalized spacial score (nSPS) is 16.7. The third-order valence-electron chi connectivity index (χ3n) is 4.60. The predicted octanol–water partition coefficient (Wildman–Crippen LogP) is 3.16. The van der Waals surface area contributed by atoms with Gasteiger partial charge in [0.2, 0.25) is 0 Å². The molecule has 1 saturated heterocycles. The van der Waals surface area contributed by atoms with Crippen LogP contribution in [0.3, 0.4) is 0 Å². The largest absolute Gasteiger partial charge is 0.445 e. The molecule has 2 aromatic rings. The molecule has 0 radical (unpaired) electrons. The summed E-state index contributed by atoms with van der Waals surface area (Å²) in [6.07, 6.45) is 2.24. The Hall–Kier alpha value is -2.15. The van der Waals surface area contributed by atoms with E-state index in [0.717, 1.165) is 31.5 Å². The lowest BCUT2D eigenvalue weighted by atomic mass is 10.1. The van der Waals surface area contributed by atoms with Crippen LogP contribution in [0.15, 0.2) is 48.7 Å². The van der Waals surface area contributed by atoms with Gasteiger partial charge in [-0.15, -0.1) is 0 Å². The zero-order chi connectivity index (χ0) is 19.1. The molecule has 0 spiro atoms. The van der Waals surface area contributed by atoms with Crippen molar-refractivity contribution in [1.82, 2.24) is 15.2 Å². The number of carbonyl (C=O) groups is 1. The summed E-state index contributed by atoms with van der Waals surface area (Å²) in [5.41, 5.74) is 1.33. The van der Waals surface area contributed by atoms with Crippen molar-refractivity contribution >= 4 is 17.7 Å². The number of carbonyl (C=O) groups excluding carboxylic acids is 1. The first-order valence-corrected chi connectivity index (χ1v) is 9.49. The highest BCUT2D eigenvalue weighted by atomic mass is 35.5. The van der Waals surface area contributed by atoms with Gasteiger partial charge in [-0.1, -0.05) is 41.9 Å². The first kappa shape index (κ1) is 19.6. The molecule has 6 nitrogen and oxygen atoms in total. The van der Waals surface area contributed by atoms with Gasteiger partial charge in [0.1, 0.15) is 12.7 Å². The Morgan fingerprint density at radius 3 is 2.70 bits per heavy atom. The van der Waals surface area contributed by atoms with Gasteiger partial charge in [0.05, 0.1) is 11.7 Å². The highest BCUT2D eigenvalue weighted by molar-refractivity contribution is 6.30. The Kier molecular flexibility index (Phi) is 7.04. The second kappa shape index (κ2) is 9.69. The highest BCUT2D eigenvalue weighted by Gasteiger charge is 2.28. The number of ether oxygens (including phenoxy) is 1. The predicted molar refractivity (Wildman–Crippen MR) is 103 cm³/mol. The van der Waals surface area contributed by atoms with Gasteiger partial charge in [-0.05, 0) is 43.6 Å². The fraction of sp³-hybridized carbons (Fsp3) is 0.400. The van der Waals surface area contributed by atoms with Crippen molar-refractivity contribution in [3.63, 3.8) is 0 Å². The van der Waals surface area contributed by atoms with Crippen molar-refractivity contribution < 1.29 is 14.6 Å². The lowest BCUT2D eigenvalue weighted by Crippen LogP contribution is -2.47. The molecule has 0 unspecified atom stereocenters. The number of likely N-dealkylation sites (tertiary alicyclic amines) is 1. The number of hydrogen-bond donors (Lipinski definition) is 2. The highest BCUT2D eigenvalue weighted by Crippen LogP contribution is 2.20. The molecule has 1 aliphatic heterocycles. The number of benzene rings is 1. The lowest BCUT2D eigenvalue weighted by molar-refractivity contribution is 0.0860. The molecule has 144 valence electrons. The molecule has 0 aliphatic carbocycles. The van der Waals surface area contributed by atoms with E-state index in [-0.39, 0.29) is 6.61 Å². The number of aromatic nitrogens is 1. The summed E-state index contributed by atoms with van der Waals surface area (Å²) < 4.78 is 5.31. The maximum Gasteiger partial charge on any atom is 0.407 e. The second-order valence-corrected chi connectivity index (χ2v) is 7.10. The summed E-state index contributed by atoms with van der Waals surface area (Å²) in [4.78, 5) is 18.7. The number of nitrogens with zero attached hydrogens (tertiary/aromatic N) is 2. The summed E-state index contributed by atoms with van der Waals surface area (Å²) in [6.45, 7) is 2.60. The van der Waals surface area contributed by atoms with Crippen molar-refractivity contribution in [1.29, 1.82) is 0 Å². The van der Waals surface area contributed by atoms with E-state index < -0.39 is 18.2 Å². The smallest absolute Gasteiger partial charge is 0.407 e. The van der Waals surface area contributed by atoms with E-state index in [9.17, 15) is 9.90 Å². The second-order valence-electron chi connectivity index (χ2n) is 6.66. The van der Waals surface area contributed by atoms with Gasteiger partial charge < -0.3 is 20.1 Å². The van der Waals surface area contributed by atoms with Crippen molar-refractivity contribution in [3.8, 4) is 0 Å². The molecule has 1 amide bonds. The van der Waals surface area contributed by atoms with Crippen LogP contribution in [-0.4, -0.2) is 46.8 Å². The molecule has 2 N–H and O–H groups in total. The minimum absolute atomic E-state index is 0.175. The lowest BCUT2D eigenvalue weighted by Gasteiger charge is -2.28. The average Bonchev–Trinajstić information content (AvgIpc) is 3.19. The topological polar surface area (TPSA) is 74.7 Å². The first-order valence-electron chi connectivity index (χ1n) is 9.11. The van der Waals surface area contributed by atoms with E-state index >= 15 is 0 Å². The van der Waals surface area contributed by atoms with Crippen LogP contribution in [0.4, 0.5) is 4.79 Å². The Morgan fingerprint density at radius 1 is 1.26 bits per heavy atom. The molecule has 2 atom stereocenters. The number of amides is 1. The quantitative estimate of drug-likeness (QED) is 0.760. The maximum atomic E-state index is 12.3. The molecule has 1 aliphatic rings. The van der Waals surface area contributed by atoms with Crippen LogP contribution in [0.25, 0.3) is 0 Å². The van der Waals surface area contributed by atoms with Crippen LogP contribution in [0, 0.1) is 0 Å². The molecular formula is C20H24ClN3O3. The molecule has 1 aromatic heterocycles. The molecule has 0 saturated carbocycles. The van der Waals surface area contributed by atoms with Crippen molar-refractivity contribution in [2.24, 2.45) is 0 Å². The number of aliphatic hydroxyl groups is 1. The molecule has 1 aromatic carbocycles. The Morgan fingerprint density at radius 2 is 2.00 bits per heavy atom. The minimum Gasteiger partial charge on any atom is -0.445 e. The van der Waals surface area contributed by atoms with Crippen LogP contribution >= 0.6 is 11.6 Å². The molecule has 7 heteroatoms. The van der Waals surface area contributed by atoms with Gasteiger partial charge in [-0.25, -0.2) is 4.79 Å². The molecule has 1 fully saturated rings. The number of alkyl carbamates (subject to hydrolysis) is 1. The van der Waals surface area contributed by atoms with Crippen molar-refractivity contribution in [2.75, 3.05) is 19.6 Å². The summed E-state index contributed by atoms with van der Waals surface area (Å²) in [6, 6.07) is 12.2. The number of aliphatic hydroxyl groups excluding tert-OH is 1. The Balaban J connectivity index is 1.64. The number of nitrogens with one attached hydrogen (secondary N) is 1. The van der Waals surface area contributed by atoms with Crippen LogP contribution < -0.4 is 5.32 Å². The van der Waals surface area contributed by atoms with Crippen molar-refractivity contribution in [2.45, 2.75) is 31.6 Å². The first-order chi connectivity index (χ1) is 13.1. The molecule has 2 heterocycles. The van der Waals surface area contributed by atoms with Gasteiger partial charge >= 0.3 is 6.09 Å². The number of pyridine rings is 1. The SMILES string of the molecule is O=C(N[C@H](CN1CCCC1)[C@H](O)c1cc(Cl)ccn1)OCc1ccccc1. The van der Waals surface area contributed by atoms with E-state index in [1.807, 2.05) is 30.3 Å². The van der Waals surface area contributed by atoms with Gasteiger partial charge in [0.25, 0.3) is 0 Å². The summed E-state index contributed by atoms with van der Waals surface area (Å²) in [5.74, 6) is 0. The number of rotatable bonds is 7. The Labute approximate surface area is 164 Å². The van der Waals surface area contributed by atoms with Gasteiger partial charge in [0.15, 0.2) is 0 Å². The third kappa shape index (κ3) is 5.92. The molecule has 27 heavy (non-hydrogen) atoms. The molecule has 0 bridgehead atoms.